The van der Waals surface area contributed by atoms with E-state index in [9.17, 15) is 9.59 Å². The molecule has 6 nitrogen and oxygen atoms in total. The zero-order valence-corrected chi connectivity index (χ0v) is 8.86. The molecule has 0 spiro atoms. The largest absolute Gasteiger partial charge is 0.481 e. The highest BCUT2D eigenvalue weighted by Crippen LogP contribution is 2.39. The van der Waals surface area contributed by atoms with E-state index in [-0.39, 0.29) is 5.91 Å². The lowest BCUT2D eigenvalue weighted by molar-refractivity contribution is -0.139. The van der Waals surface area contributed by atoms with E-state index in [1.54, 1.807) is 6.20 Å². The van der Waals surface area contributed by atoms with Gasteiger partial charge in [0.1, 0.15) is 5.82 Å². The van der Waals surface area contributed by atoms with Crippen LogP contribution in [0.4, 0.5) is 5.82 Å². The summed E-state index contributed by atoms with van der Waals surface area (Å²) in [5, 5.41) is 17.9. The molecule has 0 aliphatic heterocycles. The maximum absolute atomic E-state index is 11.6. The Kier molecular flexibility index (Phi) is 2.64. The van der Waals surface area contributed by atoms with Crippen LogP contribution in [0.5, 0.6) is 0 Å². The SMILES string of the molecule is CCc1cn[nH]c1NC(=O)[C@@H]1C[C@@H]1C(=O)O. The van der Waals surface area contributed by atoms with Gasteiger partial charge in [0.25, 0.3) is 0 Å². The maximum atomic E-state index is 11.6. The van der Waals surface area contributed by atoms with Crippen LogP contribution in [0.2, 0.25) is 0 Å². The highest BCUT2D eigenvalue weighted by atomic mass is 16.4. The van der Waals surface area contributed by atoms with Gasteiger partial charge in [-0.15, -0.1) is 0 Å². The van der Waals surface area contributed by atoms with Gasteiger partial charge in [0.05, 0.1) is 18.0 Å². The van der Waals surface area contributed by atoms with Gasteiger partial charge in [-0.25, -0.2) is 0 Å². The number of carboxylic acids is 1. The molecule has 2 atom stereocenters. The summed E-state index contributed by atoms with van der Waals surface area (Å²) in [6.45, 7) is 1.96. The van der Waals surface area contributed by atoms with E-state index < -0.39 is 17.8 Å². The number of aliphatic carboxylic acids is 1. The number of carboxylic acid groups (broad SMARTS) is 1. The number of nitrogens with zero attached hydrogens (tertiary/aromatic N) is 1. The molecule has 0 aromatic carbocycles. The van der Waals surface area contributed by atoms with Crippen molar-refractivity contribution >= 4 is 17.7 Å². The molecule has 86 valence electrons. The summed E-state index contributed by atoms with van der Waals surface area (Å²) in [6.07, 6.45) is 2.84. The average Bonchev–Trinajstić information content (AvgIpc) is 2.94. The first-order valence-electron chi connectivity index (χ1n) is 5.19. The van der Waals surface area contributed by atoms with Crippen molar-refractivity contribution in [3.8, 4) is 0 Å². The molecule has 1 heterocycles. The van der Waals surface area contributed by atoms with Gasteiger partial charge in [-0.1, -0.05) is 6.92 Å². The summed E-state index contributed by atoms with van der Waals surface area (Å²) in [6, 6.07) is 0. The molecule has 1 saturated carbocycles. The summed E-state index contributed by atoms with van der Waals surface area (Å²) in [4.78, 5) is 22.2. The molecule has 0 radical (unpaired) electrons. The molecule has 1 aliphatic rings. The van der Waals surface area contributed by atoms with Crippen LogP contribution in [0.25, 0.3) is 0 Å². The fraction of sp³-hybridized carbons (Fsp3) is 0.500. The third-order valence-corrected chi connectivity index (χ3v) is 2.79. The smallest absolute Gasteiger partial charge is 0.307 e. The number of carbonyl (C=O) groups is 2. The number of nitrogens with one attached hydrogen (secondary N) is 2. The van der Waals surface area contributed by atoms with Crippen molar-refractivity contribution in [1.29, 1.82) is 0 Å². The number of hydrogen-bond donors (Lipinski definition) is 3. The van der Waals surface area contributed by atoms with Gasteiger partial charge in [0, 0.05) is 5.56 Å². The van der Waals surface area contributed by atoms with Crippen LogP contribution in [-0.4, -0.2) is 27.2 Å². The molecule has 1 amide bonds. The van der Waals surface area contributed by atoms with Crippen molar-refractivity contribution in [3.63, 3.8) is 0 Å². The normalized spacial score (nSPS) is 22.8. The Morgan fingerprint density at radius 3 is 2.94 bits per heavy atom. The Balaban J connectivity index is 1.96. The number of H-pyrrole nitrogens is 1. The van der Waals surface area contributed by atoms with Crippen LogP contribution in [0.15, 0.2) is 6.20 Å². The minimum atomic E-state index is -0.902. The van der Waals surface area contributed by atoms with E-state index in [1.165, 1.54) is 0 Å². The predicted molar refractivity (Wildman–Crippen MR) is 55.8 cm³/mol. The van der Waals surface area contributed by atoms with E-state index in [2.05, 4.69) is 15.5 Å². The van der Waals surface area contributed by atoms with Gasteiger partial charge in [-0.05, 0) is 12.8 Å². The Morgan fingerprint density at radius 1 is 1.62 bits per heavy atom. The van der Waals surface area contributed by atoms with E-state index in [0.29, 0.717) is 12.2 Å². The third kappa shape index (κ3) is 1.91. The molecular formula is C10H13N3O3. The number of rotatable bonds is 4. The van der Waals surface area contributed by atoms with Gasteiger partial charge in [-0.2, -0.15) is 5.10 Å². The number of carbonyl (C=O) groups excluding carboxylic acids is 1. The topological polar surface area (TPSA) is 95.1 Å². The van der Waals surface area contributed by atoms with E-state index in [0.717, 1.165) is 12.0 Å². The molecule has 6 heteroatoms. The monoisotopic (exact) mass is 223 g/mol. The van der Waals surface area contributed by atoms with Crippen LogP contribution < -0.4 is 5.32 Å². The highest BCUT2D eigenvalue weighted by Gasteiger charge is 2.48. The second kappa shape index (κ2) is 3.96. The van der Waals surface area contributed by atoms with Crippen molar-refractivity contribution in [2.75, 3.05) is 5.32 Å². The van der Waals surface area contributed by atoms with Crippen molar-refractivity contribution in [3.05, 3.63) is 11.8 Å². The molecule has 3 N–H and O–H groups in total. The van der Waals surface area contributed by atoms with Gasteiger partial charge in [-0.3, -0.25) is 14.7 Å². The number of aromatic amines is 1. The number of hydrogen-bond acceptors (Lipinski definition) is 3. The Labute approximate surface area is 92.0 Å². The van der Waals surface area contributed by atoms with Crippen molar-refractivity contribution in [2.45, 2.75) is 19.8 Å². The lowest BCUT2D eigenvalue weighted by Crippen LogP contribution is -2.17. The van der Waals surface area contributed by atoms with Gasteiger partial charge in [0.2, 0.25) is 5.91 Å². The summed E-state index contributed by atoms with van der Waals surface area (Å²) in [5.74, 6) is -1.49. The number of aryl methyl sites for hydroxylation is 1. The maximum Gasteiger partial charge on any atom is 0.307 e. The summed E-state index contributed by atoms with van der Waals surface area (Å²) >= 11 is 0. The molecule has 0 saturated heterocycles. The first kappa shape index (κ1) is 10.7. The highest BCUT2D eigenvalue weighted by molar-refractivity contribution is 5.98. The first-order valence-corrected chi connectivity index (χ1v) is 5.19. The Morgan fingerprint density at radius 2 is 2.38 bits per heavy atom. The molecule has 1 fully saturated rings. The van der Waals surface area contributed by atoms with Gasteiger partial charge < -0.3 is 10.4 Å². The first-order chi connectivity index (χ1) is 7.63. The third-order valence-electron chi connectivity index (χ3n) is 2.79. The predicted octanol–water partition coefficient (Wildman–Crippen LogP) is 0.631. The van der Waals surface area contributed by atoms with Crippen LogP contribution in [0, 0.1) is 11.8 Å². The quantitative estimate of drug-likeness (QED) is 0.697. The number of amides is 1. The lowest BCUT2D eigenvalue weighted by atomic mass is 10.2. The molecular weight excluding hydrogens is 210 g/mol. The molecule has 1 aromatic heterocycles. The molecule has 1 aromatic rings. The minimum absolute atomic E-state index is 0.244. The summed E-state index contributed by atoms with van der Waals surface area (Å²) < 4.78 is 0. The van der Waals surface area contributed by atoms with E-state index in [1.807, 2.05) is 6.92 Å². The lowest BCUT2D eigenvalue weighted by Gasteiger charge is -2.03. The van der Waals surface area contributed by atoms with Crippen molar-refractivity contribution < 1.29 is 14.7 Å². The van der Waals surface area contributed by atoms with Crippen LogP contribution in [-0.2, 0) is 16.0 Å². The Bertz CT molecular complexity index is 427. The summed E-state index contributed by atoms with van der Waals surface area (Å²) in [7, 11) is 0. The minimum Gasteiger partial charge on any atom is -0.481 e. The zero-order chi connectivity index (χ0) is 11.7. The van der Waals surface area contributed by atoms with E-state index in [4.69, 9.17) is 5.11 Å². The molecule has 1 aliphatic carbocycles. The molecule has 16 heavy (non-hydrogen) atoms. The van der Waals surface area contributed by atoms with Crippen LogP contribution in [0.3, 0.4) is 0 Å². The zero-order valence-electron chi connectivity index (χ0n) is 8.86. The number of anilines is 1. The van der Waals surface area contributed by atoms with Crippen molar-refractivity contribution in [1.82, 2.24) is 10.2 Å². The number of aromatic nitrogens is 2. The van der Waals surface area contributed by atoms with Gasteiger partial charge >= 0.3 is 5.97 Å². The molecule has 0 unspecified atom stereocenters. The fourth-order valence-electron chi connectivity index (χ4n) is 1.66. The van der Waals surface area contributed by atoms with Gasteiger partial charge in [0.15, 0.2) is 0 Å². The second-order valence-electron chi connectivity index (χ2n) is 3.90. The summed E-state index contributed by atoms with van der Waals surface area (Å²) in [5.41, 5.74) is 0.917. The second-order valence-corrected chi connectivity index (χ2v) is 3.90. The van der Waals surface area contributed by atoms with E-state index >= 15 is 0 Å². The van der Waals surface area contributed by atoms with Crippen molar-refractivity contribution in [2.24, 2.45) is 11.8 Å². The Hall–Kier alpha value is -1.85. The fourth-order valence-corrected chi connectivity index (χ4v) is 1.66. The molecule has 2 rings (SSSR count). The van der Waals surface area contributed by atoms with Crippen LogP contribution in [0.1, 0.15) is 18.9 Å². The molecule has 0 bridgehead atoms. The average molecular weight is 223 g/mol. The van der Waals surface area contributed by atoms with Crippen LogP contribution >= 0.6 is 0 Å². The standard InChI is InChI=1S/C10H13N3O3/c1-2-5-4-11-13-8(5)12-9(14)6-3-7(6)10(15)16/h4,6-7H,2-3H2,1H3,(H,15,16)(H2,11,12,13,14)/t6-,7+/m1/s1.